The van der Waals surface area contributed by atoms with E-state index in [0.717, 1.165) is 12.8 Å². The third-order valence-electron chi connectivity index (χ3n) is 4.72. The smallest absolute Gasteiger partial charge is 0.311 e. The van der Waals surface area contributed by atoms with Crippen molar-refractivity contribution in [3.63, 3.8) is 0 Å². The fourth-order valence-corrected chi connectivity index (χ4v) is 6.09. The van der Waals surface area contributed by atoms with Crippen LogP contribution in [0.3, 0.4) is 0 Å². The van der Waals surface area contributed by atoms with Crippen LogP contribution >= 0.6 is 15.9 Å². The Morgan fingerprint density at radius 1 is 1.38 bits per heavy atom. The SMILES string of the molecule is O=C(O)[C@@]12CCC[C@H]1CN(S(=O)(=O)c1ccccc1Br)C2. The Morgan fingerprint density at radius 3 is 2.71 bits per heavy atom. The van der Waals surface area contributed by atoms with Crippen LogP contribution in [0.25, 0.3) is 0 Å². The predicted octanol–water partition coefficient (Wildman–Crippen LogP) is 2.32. The molecule has 0 radical (unpaired) electrons. The molecule has 114 valence electrons. The molecule has 0 unspecified atom stereocenters. The first-order valence-corrected chi connectivity index (χ1v) is 9.09. The predicted molar refractivity (Wildman–Crippen MR) is 80.3 cm³/mol. The van der Waals surface area contributed by atoms with Crippen LogP contribution < -0.4 is 0 Å². The lowest BCUT2D eigenvalue weighted by Gasteiger charge is -2.23. The molecule has 1 aliphatic heterocycles. The monoisotopic (exact) mass is 373 g/mol. The van der Waals surface area contributed by atoms with Crippen LogP contribution in [0.15, 0.2) is 33.6 Å². The topological polar surface area (TPSA) is 74.7 Å². The molecule has 21 heavy (non-hydrogen) atoms. The fraction of sp³-hybridized carbons (Fsp3) is 0.500. The highest BCUT2D eigenvalue weighted by Crippen LogP contribution is 2.50. The second kappa shape index (κ2) is 5.07. The van der Waals surface area contributed by atoms with Gasteiger partial charge in [-0.05, 0) is 46.8 Å². The minimum atomic E-state index is -3.66. The first-order valence-electron chi connectivity index (χ1n) is 6.86. The van der Waals surface area contributed by atoms with Crippen molar-refractivity contribution in [2.75, 3.05) is 13.1 Å². The highest BCUT2D eigenvalue weighted by Gasteiger charge is 2.57. The Kier molecular flexibility index (Phi) is 3.62. The number of sulfonamides is 1. The maximum atomic E-state index is 12.8. The van der Waals surface area contributed by atoms with Gasteiger partial charge in [0, 0.05) is 17.6 Å². The van der Waals surface area contributed by atoms with Gasteiger partial charge in [0.1, 0.15) is 0 Å². The summed E-state index contributed by atoms with van der Waals surface area (Å²) >= 11 is 3.26. The van der Waals surface area contributed by atoms with Gasteiger partial charge < -0.3 is 5.11 Å². The van der Waals surface area contributed by atoms with E-state index in [2.05, 4.69) is 15.9 Å². The van der Waals surface area contributed by atoms with Crippen LogP contribution in [0.2, 0.25) is 0 Å². The van der Waals surface area contributed by atoms with Crippen molar-refractivity contribution in [1.82, 2.24) is 4.31 Å². The minimum absolute atomic E-state index is 0.0766. The summed E-state index contributed by atoms with van der Waals surface area (Å²) in [6.07, 6.45) is 2.21. The van der Waals surface area contributed by atoms with Gasteiger partial charge in [0.15, 0.2) is 0 Å². The number of hydrogen-bond acceptors (Lipinski definition) is 3. The molecular weight excluding hydrogens is 358 g/mol. The zero-order valence-electron chi connectivity index (χ0n) is 11.3. The third-order valence-corrected chi connectivity index (χ3v) is 7.54. The lowest BCUT2D eigenvalue weighted by Crippen LogP contribution is -2.37. The van der Waals surface area contributed by atoms with E-state index in [-0.39, 0.29) is 17.4 Å². The van der Waals surface area contributed by atoms with Crippen molar-refractivity contribution in [3.05, 3.63) is 28.7 Å². The Bertz CT molecular complexity index is 690. The maximum absolute atomic E-state index is 12.8. The number of hydrogen-bond donors (Lipinski definition) is 1. The quantitative estimate of drug-likeness (QED) is 0.881. The van der Waals surface area contributed by atoms with Crippen LogP contribution in [0.1, 0.15) is 19.3 Å². The summed E-state index contributed by atoms with van der Waals surface area (Å²) in [6.45, 7) is 0.382. The number of carboxylic acids is 1. The standard InChI is InChI=1S/C14H16BrNO4S/c15-11-5-1-2-6-12(11)21(19,20)16-8-10-4-3-7-14(10,9-16)13(17)18/h1-2,5-6,10H,3-4,7-9H2,(H,17,18)/t10-,14+/m0/s1. The molecule has 3 rings (SSSR count). The van der Waals surface area contributed by atoms with Crippen LogP contribution in [-0.2, 0) is 14.8 Å². The summed E-state index contributed by atoms with van der Waals surface area (Å²) in [5.74, 6) is -0.943. The largest absolute Gasteiger partial charge is 0.481 e. The second-order valence-electron chi connectivity index (χ2n) is 5.78. The summed E-state index contributed by atoms with van der Waals surface area (Å²) in [7, 11) is -3.66. The molecule has 1 aliphatic carbocycles. The molecule has 0 amide bonds. The Hall–Kier alpha value is -0.920. The van der Waals surface area contributed by atoms with Crippen LogP contribution in [0.5, 0.6) is 0 Å². The Morgan fingerprint density at radius 2 is 2.10 bits per heavy atom. The van der Waals surface area contributed by atoms with E-state index < -0.39 is 21.4 Å². The number of rotatable bonds is 3. The molecule has 2 aliphatic rings. The number of halogens is 1. The van der Waals surface area contributed by atoms with Gasteiger partial charge in [-0.15, -0.1) is 0 Å². The highest BCUT2D eigenvalue weighted by atomic mass is 79.9. The molecule has 2 atom stereocenters. The second-order valence-corrected chi connectivity index (χ2v) is 8.54. The average Bonchev–Trinajstić information content (AvgIpc) is 2.96. The molecule has 1 aromatic carbocycles. The van der Waals surface area contributed by atoms with Gasteiger partial charge in [-0.3, -0.25) is 4.79 Å². The van der Waals surface area contributed by atoms with Gasteiger partial charge >= 0.3 is 5.97 Å². The number of fused-ring (bicyclic) bond motifs is 1. The molecule has 1 saturated carbocycles. The third kappa shape index (κ3) is 2.22. The lowest BCUT2D eigenvalue weighted by atomic mass is 9.81. The van der Waals surface area contributed by atoms with Gasteiger partial charge in [0.2, 0.25) is 10.0 Å². The first-order chi connectivity index (χ1) is 9.88. The number of carbonyl (C=O) groups is 1. The molecule has 1 saturated heterocycles. The van der Waals surface area contributed by atoms with E-state index in [1.165, 1.54) is 4.31 Å². The van der Waals surface area contributed by atoms with Crippen LogP contribution in [0.4, 0.5) is 0 Å². The first kappa shape index (κ1) is 15.0. The molecule has 1 aromatic rings. The molecule has 1 heterocycles. The van der Waals surface area contributed by atoms with Crippen molar-refractivity contribution in [3.8, 4) is 0 Å². The van der Waals surface area contributed by atoms with Crippen LogP contribution in [-0.4, -0.2) is 36.9 Å². The van der Waals surface area contributed by atoms with E-state index in [1.807, 2.05) is 0 Å². The minimum Gasteiger partial charge on any atom is -0.481 e. The lowest BCUT2D eigenvalue weighted by molar-refractivity contribution is -0.149. The van der Waals surface area contributed by atoms with E-state index >= 15 is 0 Å². The van der Waals surface area contributed by atoms with Gasteiger partial charge in [-0.2, -0.15) is 4.31 Å². The fourth-order valence-electron chi connectivity index (χ4n) is 3.57. The number of nitrogens with zero attached hydrogens (tertiary/aromatic N) is 1. The number of carboxylic acid groups (broad SMARTS) is 1. The van der Waals surface area contributed by atoms with E-state index in [1.54, 1.807) is 24.3 Å². The molecule has 0 bridgehead atoms. The summed E-state index contributed by atoms with van der Waals surface area (Å²) in [5, 5.41) is 9.55. The zero-order chi connectivity index (χ0) is 15.3. The van der Waals surface area contributed by atoms with Crippen molar-refractivity contribution in [2.24, 2.45) is 11.3 Å². The molecule has 2 fully saturated rings. The molecule has 7 heteroatoms. The normalized spacial score (nSPS) is 29.5. The van der Waals surface area contributed by atoms with Gasteiger partial charge in [0.05, 0.1) is 10.3 Å². The van der Waals surface area contributed by atoms with Gasteiger partial charge in [-0.25, -0.2) is 8.42 Å². The van der Waals surface area contributed by atoms with Gasteiger partial charge in [0.25, 0.3) is 0 Å². The van der Waals surface area contributed by atoms with Crippen LogP contribution in [0, 0.1) is 11.3 Å². The molecule has 1 N–H and O–H groups in total. The van der Waals surface area contributed by atoms with Crippen molar-refractivity contribution >= 4 is 31.9 Å². The Balaban J connectivity index is 1.96. The summed E-state index contributed by atoms with van der Waals surface area (Å²) in [5.41, 5.74) is -0.895. The highest BCUT2D eigenvalue weighted by molar-refractivity contribution is 9.10. The van der Waals surface area contributed by atoms with Gasteiger partial charge in [-0.1, -0.05) is 18.6 Å². The maximum Gasteiger partial charge on any atom is 0.311 e. The zero-order valence-corrected chi connectivity index (χ0v) is 13.7. The average molecular weight is 374 g/mol. The molecule has 5 nitrogen and oxygen atoms in total. The van der Waals surface area contributed by atoms with Crippen molar-refractivity contribution in [1.29, 1.82) is 0 Å². The van der Waals surface area contributed by atoms with Crippen molar-refractivity contribution < 1.29 is 18.3 Å². The Labute approximate surface area is 132 Å². The molecular formula is C14H16BrNO4S. The van der Waals surface area contributed by atoms with Crippen molar-refractivity contribution in [2.45, 2.75) is 24.2 Å². The summed E-state index contributed by atoms with van der Waals surface area (Å²) in [6, 6.07) is 6.64. The van der Waals surface area contributed by atoms with E-state index in [0.29, 0.717) is 17.4 Å². The summed E-state index contributed by atoms with van der Waals surface area (Å²) < 4.78 is 27.4. The number of aliphatic carboxylic acids is 1. The number of benzene rings is 1. The molecule has 0 aromatic heterocycles. The molecule has 0 spiro atoms. The summed E-state index contributed by atoms with van der Waals surface area (Å²) in [4.78, 5) is 11.8. The van der Waals surface area contributed by atoms with E-state index in [9.17, 15) is 18.3 Å². The van der Waals surface area contributed by atoms with E-state index in [4.69, 9.17) is 0 Å².